The highest BCUT2D eigenvalue weighted by atomic mass is 16.5. The Kier molecular flexibility index (Phi) is 3.89. The van der Waals surface area contributed by atoms with Crippen LogP contribution >= 0.6 is 0 Å². The maximum atomic E-state index is 13.6. The average molecular weight is 446 g/mol. The molecule has 7 nitrogen and oxygen atoms in total. The van der Waals surface area contributed by atoms with Crippen LogP contribution in [-0.4, -0.2) is 57.5 Å². The van der Waals surface area contributed by atoms with Gasteiger partial charge in [0.05, 0.1) is 11.0 Å². The van der Waals surface area contributed by atoms with E-state index in [1.54, 1.807) is 30.6 Å². The Hall–Kier alpha value is -2.93. The second-order valence-electron chi connectivity index (χ2n) is 10.5. The Bertz CT molecular complexity index is 1180. The number of carbonyl (C=O) groups excluding carboxylic acids is 2. The van der Waals surface area contributed by atoms with Gasteiger partial charge in [0.2, 0.25) is 0 Å². The average Bonchev–Trinajstić information content (AvgIpc) is 3.57. The van der Waals surface area contributed by atoms with Crippen molar-refractivity contribution in [1.29, 1.82) is 0 Å². The van der Waals surface area contributed by atoms with Crippen molar-refractivity contribution in [3.8, 4) is 11.5 Å². The third kappa shape index (κ3) is 2.46. The molecule has 3 heterocycles. The molecule has 0 radical (unpaired) electrons. The molecule has 1 amide bonds. The third-order valence-corrected chi connectivity index (χ3v) is 8.89. The van der Waals surface area contributed by atoms with Crippen molar-refractivity contribution in [2.24, 2.45) is 5.92 Å². The summed E-state index contributed by atoms with van der Waals surface area (Å²) in [5, 5.41) is 14.2. The normalized spacial score (nSPS) is 33.9. The number of Topliss-reactive ketones (excluding diaryl/α,β-unsaturated/α-hetero) is 1. The summed E-state index contributed by atoms with van der Waals surface area (Å²) in [6, 6.07) is 7.22. The lowest BCUT2D eigenvalue weighted by Gasteiger charge is -2.65. The molecule has 3 aliphatic carbocycles. The van der Waals surface area contributed by atoms with E-state index < -0.39 is 17.1 Å². The number of rotatable bonds is 4. The van der Waals surface area contributed by atoms with Crippen molar-refractivity contribution in [2.75, 3.05) is 13.1 Å². The summed E-state index contributed by atoms with van der Waals surface area (Å²) in [6.07, 6.45) is 7.57. The summed E-state index contributed by atoms with van der Waals surface area (Å²) >= 11 is 0. The number of hydrogen-bond donors (Lipinski definition) is 2. The maximum Gasteiger partial charge on any atom is 0.251 e. The van der Waals surface area contributed by atoms with Crippen LogP contribution in [-0.2, 0) is 16.6 Å². The van der Waals surface area contributed by atoms with Crippen LogP contribution in [0, 0.1) is 5.92 Å². The number of piperidine rings is 1. The van der Waals surface area contributed by atoms with E-state index in [9.17, 15) is 14.7 Å². The maximum absolute atomic E-state index is 13.6. The standard InChI is InChI=1S/C26H27N3O4/c30-18-4-3-17-13-20-26(28-24(32)16-6-10-27-11-7-16)8-5-19(31)23-25(26,21(17)22(18)33-23)9-12-29(20)14-15-1-2-15/h3-4,6-7,10-11,15,20,23,30H,1-2,5,8-9,12-14H2,(H,28,32)/t20-,23+,25+,26-/m1/s1. The molecule has 33 heavy (non-hydrogen) atoms. The highest BCUT2D eigenvalue weighted by Crippen LogP contribution is 2.65. The van der Waals surface area contributed by atoms with E-state index in [-0.39, 0.29) is 23.5 Å². The topological polar surface area (TPSA) is 91.8 Å². The molecule has 1 saturated heterocycles. The Balaban J connectivity index is 1.43. The van der Waals surface area contributed by atoms with Gasteiger partial charge in [-0.05, 0) is 68.3 Å². The van der Waals surface area contributed by atoms with Gasteiger partial charge in [-0.2, -0.15) is 0 Å². The number of likely N-dealkylation sites (tertiary alicyclic amines) is 1. The molecule has 2 saturated carbocycles. The number of carbonyl (C=O) groups is 2. The van der Waals surface area contributed by atoms with E-state index in [0.29, 0.717) is 24.2 Å². The summed E-state index contributed by atoms with van der Waals surface area (Å²) in [6.45, 7) is 1.91. The van der Waals surface area contributed by atoms with Gasteiger partial charge in [-0.25, -0.2) is 0 Å². The van der Waals surface area contributed by atoms with Gasteiger partial charge in [0, 0.05) is 42.5 Å². The molecular weight excluding hydrogens is 418 g/mol. The zero-order chi connectivity index (χ0) is 22.4. The summed E-state index contributed by atoms with van der Waals surface area (Å²) < 4.78 is 6.28. The number of nitrogens with zero attached hydrogens (tertiary/aromatic N) is 2. The fourth-order valence-electron chi connectivity index (χ4n) is 7.34. The van der Waals surface area contributed by atoms with Crippen LogP contribution in [0.2, 0.25) is 0 Å². The fraction of sp³-hybridized carbons (Fsp3) is 0.500. The van der Waals surface area contributed by atoms with Crippen molar-refractivity contribution in [3.05, 3.63) is 53.3 Å². The minimum absolute atomic E-state index is 0.0710. The number of hydrogen-bond acceptors (Lipinski definition) is 6. The third-order valence-electron chi connectivity index (χ3n) is 8.89. The molecule has 0 unspecified atom stereocenters. The highest BCUT2D eigenvalue weighted by molar-refractivity contribution is 5.96. The van der Waals surface area contributed by atoms with Gasteiger partial charge in [-0.1, -0.05) is 6.07 Å². The van der Waals surface area contributed by atoms with E-state index in [2.05, 4.69) is 15.2 Å². The van der Waals surface area contributed by atoms with Gasteiger partial charge in [-0.3, -0.25) is 19.5 Å². The summed E-state index contributed by atoms with van der Waals surface area (Å²) in [7, 11) is 0. The van der Waals surface area contributed by atoms with Crippen molar-refractivity contribution < 1.29 is 19.4 Å². The van der Waals surface area contributed by atoms with Gasteiger partial charge in [0.15, 0.2) is 23.4 Å². The molecule has 7 rings (SSSR count). The van der Waals surface area contributed by atoms with Gasteiger partial charge in [-0.15, -0.1) is 0 Å². The number of amides is 1. The molecule has 4 atom stereocenters. The van der Waals surface area contributed by atoms with Gasteiger partial charge in [0.1, 0.15) is 0 Å². The smallest absolute Gasteiger partial charge is 0.251 e. The summed E-state index contributed by atoms with van der Waals surface area (Å²) in [5.74, 6) is 1.19. The molecule has 170 valence electrons. The first-order chi connectivity index (χ1) is 16.0. The lowest BCUT2D eigenvalue weighted by molar-refractivity contribution is -0.143. The first-order valence-electron chi connectivity index (χ1n) is 12.0. The lowest BCUT2D eigenvalue weighted by Crippen LogP contribution is -2.81. The first-order valence-corrected chi connectivity index (χ1v) is 12.0. The summed E-state index contributed by atoms with van der Waals surface area (Å²) in [4.78, 5) is 33.5. The molecule has 1 spiro atoms. The highest BCUT2D eigenvalue weighted by Gasteiger charge is 2.74. The van der Waals surface area contributed by atoms with E-state index in [0.717, 1.165) is 43.0 Å². The molecule has 2 bridgehead atoms. The number of benzene rings is 1. The van der Waals surface area contributed by atoms with Gasteiger partial charge in [0.25, 0.3) is 5.91 Å². The van der Waals surface area contributed by atoms with E-state index in [1.165, 1.54) is 12.8 Å². The number of ether oxygens (including phenoxy) is 1. The molecule has 7 heteroatoms. The van der Waals surface area contributed by atoms with Crippen LogP contribution in [0.5, 0.6) is 11.5 Å². The first kappa shape index (κ1) is 19.5. The predicted octanol–water partition coefficient (Wildman–Crippen LogP) is 2.36. The monoisotopic (exact) mass is 445 g/mol. The van der Waals surface area contributed by atoms with Gasteiger partial charge >= 0.3 is 0 Å². The molecule has 1 aromatic carbocycles. The van der Waals surface area contributed by atoms with Crippen LogP contribution < -0.4 is 10.1 Å². The molecule has 2 N–H and O–H groups in total. The Morgan fingerprint density at radius 3 is 2.82 bits per heavy atom. The molecule has 3 fully saturated rings. The Morgan fingerprint density at radius 2 is 2.03 bits per heavy atom. The number of phenolic OH excluding ortho intramolecular Hbond substituents is 1. The quantitative estimate of drug-likeness (QED) is 0.751. The molecule has 5 aliphatic rings. The van der Waals surface area contributed by atoms with E-state index in [1.807, 2.05) is 6.07 Å². The largest absolute Gasteiger partial charge is 0.504 e. The van der Waals surface area contributed by atoms with Crippen molar-refractivity contribution in [1.82, 2.24) is 15.2 Å². The van der Waals surface area contributed by atoms with Crippen molar-refractivity contribution >= 4 is 11.7 Å². The van der Waals surface area contributed by atoms with Crippen molar-refractivity contribution in [2.45, 2.75) is 61.6 Å². The second kappa shape index (κ2) is 6.56. The van der Waals surface area contributed by atoms with E-state index >= 15 is 0 Å². The van der Waals surface area contributed by atoms with E-state index in [4.69, 9.17) is 4.74 Å². The van der Waals surface area contributed by atoms with Crippen LogP contribution in [0.25, 0.3) is 0 Å². The number of aromatic nitrogens is 1. The fourth-order valence-corrected chi connectivity index (χ4v) is 7.34. The van der Waals surface area contributed by atoms with Crippen molar-refractivity contribution in [3.63, 3.8) is 0 Å². The molecule has 2 aliphatic heterocycles. The summed E-state index contributed by atoms with van der Waals surface area (Å²) in [5.41, 5.74) is 1.37. The van der Waals surface area contributed by atoms with Crippen LogP contribution in [0.1, 0.15) is 53.6 Å². The minimum Gasteiger partial charge on any atom is -0.504 e. The zero-order valence-corrected chi connectivity index (χ0v) is 18.4. The number of pyridine rings is 1. The van der Waals surface area contributed by atoms with Crippen LogP contribution in [0.4, 0.5) is 0 Å². The lowest BCUT2D eigenvalue weighted by atomic mass is 9.47. The zero-order valence-electron chi connectivity index (χ0n) is 18.4. The van der Waals surface area contributed by atoms with Crippen LogP contribution in [0.15, 0.2) is 36.7 Å². The van der Waals surface area contributed by atoms with Gasteiger partial charge < -0.3 is 15.2 Å². The molecular formula is C26H27N3O4. The number of ketones is 1. The number of nitrogens with one attached hydrogen (secondary N) is 1. The second-order valence-corrected chi connectivity index (χ2v) is 10.5. The number of phenols is 1. The minimum atomic E-state index is -0.670. The van der Waals surface area contributed by atoms with Crippen LogP contribution in [0.3, 0.4) is 0 Å². The Morgan fingerprint density at radius 1 is 1.21 bits per heavy atom. The molecule has 2 aromatic rings. The Labute approximate surface area is 192 Å². The SMILES string of the molecule is O=C(N[C@@]12CCC(=O)[C@@H]3Oc4c(O)ccc5c4[C@@]31CCN(CC1CC1)[C@@H]2C5)c1ccncc1. The number of aromatic hydroxyl groups is 1. The molecule has 1 aromatic heterocycles. The predicted molar refractivity (Wildman–Crippen MR) is 119 cm³/mol.